The number of carbonyl (C=O) groups excluding carboxylic acids is 1. The van der Waals surface area contributed by atoms with Gasteiger partial charge in [-0.2, -0.15) is 0 Å². The van der Waals surface area contributed by atoms with E-state index in [9.17, 15) is 13.2 Å². The van der Waals surface area contributed by atoms with Gasteiger partial charge in [0.25, 0.3) is 0 Å². The van der Waals surface area contributed by atoms with Crippen molar-refractivity contribution in [2.24, 2.45) is 17.3 Å². The van der Waals surface area contributed by atoms with Crippen LogP contribution in [0.2, 0.25) is 0 Å². The minimum Gasteiger partial charge on any atom is -0.384 e. The van der Waals surface area contributed by atoms with E-state index in [0.29, 0.717) is 25.4 Å². The maximum Gasteiger partial charge on any atom is 0.211 e. The van der Waals surface area contributed by atoms with Gasteiger partial charge in [-0.3, -0.25) is 0 Å². The van der Waals surface area contributed by atoms with Gasteiger partial charge in [0, 0.05) is 44.3 Å². The summed E-state index contributed by atoms with van der Waals surface area (Å²) in [6.07, 6.45) is 11.8. The molecule has 0 spiro atoms. The highest BCUT2D eigenvalue weighted by molar-refractivity contribution is 7.89. The van der Waals surface area contributed by atoms with E-state index in [1.807, 2.05) is 6.08 Å². The third-order valence-corrected chi connectivity index (χ3v) is 10.4. The summed E-state index contributed by atoms with van der Waals surface area (Å²) in [6, 6.07) is 0. The van der Waals surface area contributed by atoms with E-state index in [1.54, 1.807) is 7.11 Å². The Morgan fingerprint density at radius 1 is 1.24 bits per heavy atom. The molecule has 4 rings (SSSR count). The molecule has 210 valence electrons. The summed E-state index contributed by atoms with van der Waals surface area (Å²) in [5.74, 6) is 1.02. The molecule has 2 heterocycles. The molecular weight excluding hydrogens is 500 g/mol. The smallest absolute Gasteiger partial charge is 0.211 e. The normalized spacial score (nSPS) is 22.2. The molecule has 38 heavy (non-hydrogen) atoms. The van der Waals surface area contributed by atoms with Crippen molar-refractivity contribution >= 4 is 33.9 Å². The van der Waals surface area contributed by atoms with Crippen LogP contribution in [-0.4, -0.2) is 52.2 Å². The minimum atomic E-state index is -3.38. The molecule has 0 bridgehead atoms. The fourth-order valence-corrected chi connectivity index (χ4v) is 8.19. The number of methoxy groups -OCH3 is 1. The summed E-state index contributed by atoms with van der Waals surface area (Å²) in [7, 11) is -1.68. The number of nitrogen functional groups attached to an aromatic ring is 1. The fraction of sp³-hybridized carbons (Fsp3) is 0.690. The summed E-state index contributed by atoms with van der Waals surface area (Å²) < 4.78 is 34.0. The van der Waals surface area contributed by atoms with Gasteiger partial charge in [-0.05, 0) is 80.3 Å². The van der Waals surface area contributed by atoms with Crippen LogP contribution in [0.3, 0.4) is 0 Å². The zero-order valence-corrected chi connectivity index (χ0v) is 24.0. The lowest BCUT2D eigenvalue weighted by atomic mass is 9.75. The van der Waals surface area contributed by atoms with E-state index < -0.39 is 10.0 Å². The van der Waals surface area contributed by atoms with Crippen molar-refractivity contribution in [2.75, 3.05) is 43.2 Å². The molecule has 0 radical (unpaired) electrons. The monoisotopic (exact) mass is 544 g/mol. The Bertz CT molecular complexity index is 1190. The molecule has 1 unspecified atom stereocenters. The number of fused-ring (bicyclic) bond motifs is 3. The number of aryl methyl sites for hydroxylation is 1. The van der Waals surface area contributed by atoms with E-state index in [-0.39, 0.29) is 23.0 Å². The van der Waals surface area contributed by atoms with Gasteiger partial charge in [0.05, 0.1) is 23.7 Å². The summed E-state index contributed by atoms with van der Waals surface area (Å²) in [4.78, 5) is 18.1. The molecule has 2 aliphatic carbocycles. The molecule has 3 aliphatic rings. The predicted octanol–water partition coefficient (Wildman–Crippen LogP) is 4.24. The quantitative estimate of drug-likeness (QED) is 0.217. The third-order valence-electron chi connectivity index (χ3n) is 8.93. The van der Waals surface area contributed by atoms with Crippen LogP contribution in [0.1, 0.15) is 82.0 Å². The van der Waals surface area contributed by atoms with Crippen molar-refractivity contribution in [1.29, 1.82) is 0 Å². The van der Waals surface area contributed by atoms with Crippen molar-refractivity contribution in [3.8, 4) is 0 Å². The van der Waals surface area contributed by atoms with Gasteiger partial charge in [-0.1, -0.05) is 19.6 Å². The van der Waals surface area contributed by atoms with Crippen LogP contribution in [0, 0.1) is 17.3 Å². The SMILES string of the molecule is COCCC1=C=Cc2c(N)nc3c(c2N1CCCCNS(=O)(=O)C[C@@H]1CCC(CC=O)C1(C)C)CCCC3. The topological polar surface area (TPSA) is 115 Å². The first kappa shape index (κ1) is 28.8. The largest absolute Gasteiger partial charge is 0.384 e. The Hall–Kier alpha value is -2.19. The first-order chi connectivity index (χ1) is 18.2. The van der Waals surface area contributed by atoms with Crippen LogP contribution in [0.5, 0.6) is 0 Å². The van der Waals surface area contributed by atoms with E-state index in [4.69, 9.17) is 15.5 Å². The number of nitrogens with two attached hydrogens (primary N) is 1. The van der Waals surface area contributed by atoms with Gasteiger partial charge in [-0.25, -0.2) is 18.1 Å². The summed E-state index contributed by atoms with van der Waals surface area (Å²) in [6.45, 7) is 5.99. The Balaban J connectivity index is 1.38. The second-order valence-electron chi connectivity index (χ2n) is 11.6. The number of nitrogens with zero attached hydrogens (tertiary/aromatic N) is 2. The maximum absolute atomic E-state index is 12.9. The number of nitrogens with one attached hydrogen (secondary N) is 1. The second-order valence-corrected chi connectivity index (χ2v) is 13.5. The van der Waals surface area contributed by atoms with Crippen molar-refractivity contribution in [1.82, 2.24) is 9.71 Å². The zero-order chi connectivity index (χ0) is 27.3. The molecule has 2 atom stereocenters. The standard InChI is InChI=1S/C29H44N4O4S/c1-29(2)21(14-18-34)10-11-22(29)20-38(35,36)31-16-6-7-17-33-23(15-19-37-3)12-13-25-27(33)24-8-4-5-9-26(24)32-28(25)30/h13,18,21-22,31H,4-11,14-17,19-20H2,1-3H3,(H2,30,32)/t21?,22-/m0/s1. The number of pyridine rings is 1. The first-order valence-electron chi connectivity index (χ1n) is 14.1. The molecule has 1 aromatic heterocycles. The number of ether oxygens (including phenoxy) is 1. The highest BCUT2D eigenvalue weighted by Gasteiger charge is 2.44. The molecule has 3 N–H and O–H groups in total. The van der Waals surface area contributed by atoms with Crippen LogP contribution < -0.4 is 15.4 Å². The molecule has 1 aromatic rings. The Morgan fingerprint density at radius 2 is 2.00 bits per heavy atom. The van der Waals surface area contributed by atoms with Crippen molar-refractivity contribution in [2.45, 2.75) is 78.1 Å². The molecule has 0 amide bonds. The lowest BCUT2D eigenvalue weighted by molar-refractivity contribution is -0.109. The van der Waals surface area contributed by atoms with E-state index in [0.717, 1.165) is 93.3 Å². The number of rotatable bonds is 13. The van der Waals surface area contributed by atoms with Crippen molar-refractivity contribution in [3.63, 3.8) is 0 Å². The number of carbonyl (C=O) groups is 1. The zero-order valence-electron chi connectivity index (χ0n) is 23.2. The molecule has 1 saturated carbocycles. The number of anilines is 2. The van der Waals surface area contributed by atoms with Gasteiger partial charge in [0.1, 0.15) is 12.1 Å². The average molecular weight is 545 g/mol. The molecule has 8 nitrogen and oxygen atoms in total. The van der Waals surface area contributed by atoms with Gasteiger partial charge >= 0.3 is 0 Å². The highest BCUT2D eigenvalue weighted by atomic mass is 32.2. The predicted molar refractivity (Wildman–Crippen MR) is 152 cm³/mol. The number of aromatic nitrogens is 1. The van der Waals surface area contributed by atoms with Gasteiger partial charge < -0.3 is 20.2 Å². The number of unbranched alkanes of at least 4 members (excludes halogenated alkanes) is 1. The molecule has 0 saturated heterocycles. The number of hydrogen-bond acceptors (Lipinski definition) is 7. The molecular formula is C29H44N4O4S. The van der Waals surface area contributed by atoms with Crippen molar-refractivity contribution in [3.05, 3.63) is 28.2 Å². The van der Waals surface area contributed by atoms with E-state index >= 15 is 0 Å². The summed E-state index contributed by atoms with van der Waals surface area (Å²) in [5.41, 5.74) is 15.2. The Labute approximate surface area is 228 Å². The highest BCUT2D eigenvalue weighted by Crippen LogP contribution is 2.49. The van der Waals surface area contributed by atoms with Gasteiger partial charge in [-0.15, -0.1) is 0 Å². The van der Waals surface area contributed by atoms with Crippen LogP contribution in [-0.2, 0) is 32.4 Å². The van der Waals surface area contributed by atoms with Gasteiger partial charge in [0.15, 0.2) is 0 Å². The number of hydrogen-bond donors (Lipinski definition) is 2. The van der Waals surface area contributed by atoms with Crippen LogP contribution >= 0.6 is 0 Å². The number of sulfonamides is 1. The maximum atomic E-state index is 12.9. The van der Waals surface area contributed by atoms with Crippen LogP contribution in [0.4, 0.5) is 11.5 Å². The fourth-order valence-electron chi connectivity index (χ4n) is 6.49. The molecule has 0 aromatic carbocycles. The molecule has 9 heteroatoms. The second kappa shape index (κ2) is 12.3. The van der Waals surface area contributed by atoms with Crippen molar-refractivity contribution < 1.29 is 17.9 Å². The summed E-state index contributed by atoms with van der Waals surface area (Å²) >= 11 is 0. The minimum absolute atomic E-state index is 0.0697. The molecule has 1 fully saturated rings. The number of aldehydes is 1. The third kappa shape index (κ3) is 6.33. The van der Waals surface area contributed by atoms with Crippen LogP contribution in [0.25, 0.3) is 6.08 Å². The molecule has 1 aliphatic heterocycles. The average Bonchev–Trinajstić information content (AvgIpc) is 3.15. The van der Waals surface area contributed by atoms with Crippen LogP contribution in [0.15, 0.2) is 11.4 Å². The summed E-state index contributed by atoms with van der Waals surface area (Å²) in [5, 5.41) is 0. The van der Waals surface area contributed by atoms with Gasteiger partial charge in [0.2, 0.25) is 10.0 Å². The first-order valence-corrected chi connectivity index (χ1v) is 15.8. The lowest BCUT2D eigenvalue weighted by Crippen LogP contribution is -2.36. The van der Waals surface area contributed by atoms with E-state index in [1.165, 1.54) is 5.56 Å². The Morgan fingerprint density at radius 3 is 2.76 bits per heavy atom. The lowest BCUT2D eigenvalue weighted by Gasteiger charge is -2.34. The Kier molecular flexibility index (Phi) is 9.35. The van der Waals surface area contributed by atoms with E-state index in [2.05, 4.69) is 29.2 Å².